The minimum Gasteiger partial charge on any atom is -0.467 e. The molecule has 8 nitrogen and oxygen atoms in total. The summed E-state index contributed by atoms with van der Waals surface area (Å²) in [6, 6.07) is 18.4. The molecule has 3 aromatic rings. The number of hydrogen-bond donors (Lipinski definition) is 2. The Balaban J connectivity index is 1.66. The molecule has 2 heterocycles. The fraction of sp³-hybridized carbons (Fsp3) is 0.419. The number of hydrogen-bond acceptors (Lipinski definition) is 8. The second-order valence-electron chi connectivity index (χ2n) is 10.1. The molecule has 1 aromatic heterocycles. The van der Waals surface area contributed by atoms with Gasteiger partial charge < -0.3 is 15.4 Å². The number of ketones is 1. The van der Waals surface area contributed by atoms with E-state index < -0.39 is 18.1 Å². The maximum atomic E-state index is 14.0. The van der Waals surface area contributed by atoms with Gasteiger partial charge in [0.05, 0.1) is 26.1 Å². The molecule has 2 aromatic carbocycles. The van der Waals surface area contributed by atoms with Crippen LogP contribution in [0.15, 0.2) is 66.9 Å². The summed E-state index contributed by atoms with van der Waals surface area (Å²) in [4.78, 5) is 46.2. The number of benzene rings is 2. The Bertz CT molecular complexity index is 1280. The molecule has 0 saturated carbocycles. The largest absolute Gasteiger partial charge is 0.467 e. The van der Waals surface area contributed by atoms with Gasteiger partial charge in [-0.3, -0.25) is 19.5 Å². The van der Waals surface area contributed by atoms with Crippen molar-refractivity contribution in [2.75, 3.05) is 32.2 Å². The molecular weight excluding hydrogens is 524 g/mol. The number of esters is 1. The van der Waals surface area contributed by atoms with E-state index in [2.05, 4.69) is 33.8 Å². The van der Waals surface area contributed by atoms with Crippen molar-refractivity contribution in [2.45, 2.75) is 50.4 Å². The summed E-state index contributed by atoms with van der Waals surface area (Å²) in [7, 11) is 1.32. The Kier molecular flexibility index (Phi) is 11.1. The van der Waals surface area contributed by atoms with Crippen molar-refractivity contribution in [3.63, 3.8) is 0 Å². The van der Waals surface area contributed by atoms with Crippen molar-refractivity contribution in [2.24, 2.45) is 0 Å². The molecule has 0 bridgehead atoms. The van der Waals surface area contributed by atoms with Gasteiger partial charge >= 0.3 is 5.97 Å². The Morgan fingerprint density at radius 1 is 1.12 bits per heavy atom. The van der Waals surface area contributed by atoms with Crippen LogP contribution in [0.5, 0.6) is 0 Å². The van der Waals surface area contributed by atoms with Crippen LogP contribution in [0.25, 0.3) is 10.8 Å². The van der Waals surface area contributed by atoms with E-state index in [0.717, 1.165) is 35.7 Å². The number of ether oxygens (including phenoxy) is 1. The average molecular weight is 563 g/mol. The molecule has 0 aliphatic carbocycles. The van der Waals surface area contributed by atoms with Crippen LogP contribution in [0.4, 0.5) is 0 Å². The van der Waals surface area contributed by atoms with Crippen LogP contribution >= 0.6 is 11.8 Å². The Morgan fingerprint density at radius 2 is 1.93 bits per heavy atom. The van der Waals surface area contributed by atoms with Crippen molar-refractivity contribution >= 4 is 40.2 Å². The molecule has 1 aliphatic rings. The summed E-state index contributed by atoms with van der Waals surface area (Å²) < 4.78 is 4.94. The number of fused-ring (bicyclic) bond motifs is 1. The number of carbonyl (C=O) groups excluding carboxylic acids is 3. The first-order chi connectivity index (χ1) is 19.5. The Morgan fingerprint density at radius 3 is 2.65 bits per heavy atom. The first kappa shape index (κ1) is 29.7. The third-order valence-electron chi connectivity index (χ3n) is 7.32. The van der Waals surface area contributed by atoms with Gasteiger partial charge in [0, 0.05) is 24.5 Å². The Labute approximate surface area is 240 Å². The van der Waals surface area contributed by atoms with Gasteiger partial charge in [-0.2, -0.15) is 11.8 Å². The van der Waals surface area contributed by atoms with Crippen LogP contribution in [0.3, 0.4) is 0 Å². The van der Waals surface area contributed by atoms with Gasteiger partial charge in [-0.05, 0) is 66.3 Å². The topological polar surface area (TPSA) is 101 Å². The number of Topliss-reactive ketones (excluding diaryl/α,β-unsaturated/α-hetero) is 1. The van der Waals surface area contributed by atoms with E-state index in [1.165, 1.54) is 7.11 Å². The molecule has 1 saturated heterocycles. The zero-order valence-electron chi connectivity index (χ0n) is 23.2. The summed E-state index contributed by atoms with van der Waals surface area (Å²) in [5, 5.41) is 8.56. The highest BCUT2D eigenvalue weighted by molar-refractivity contribution is 7.98. The van der Waals surface area contributed by atoms with Crippen LogP contribution in [0.1, 0.15) is 30.5 Å². The van der Waals surface area contributed by atoms with Gasteiger partial charge in [-0.1, -0.05) is 48.5 Å². The fourth-order valence-corrected chi connectivity index (χ4v) is 5.87. The number of thioether (sulfide) groups is 1. The molecule has 0 spiro atoms. The maximum absolute atomic E-state index is 14.0. The highest BCUT2D eigenvalue weighted by Gasteiger charge is 2.37. The van der Waals surface area contributed by atoms with E-state index in [1.54, 1.807) is 18.0 Å². The minimum absolute atomic E-state index is 0.0121. The predicted molar refractivity (Wildman–Crippen MR) is 159 cm³/mol. The molecule has 212 valence electrons. The van der Waals surface area contributed by atoms with Gasteiger partial charge in [0.15, 0.2) is 5.78 Å². The second kappa shape index (κ2) is 14.9. The normalized spacial score (nSPS) is 16.5. The van der Waals surface area contributed by atoms with Crippen molar-refractivity contribution in [1.82, 2.24) is 20.5 Å². The molecule has 9 heteroatoms. The molecule has 40 heavy (non-hydrogen) atoms. The quantitative estimate of drug-likeness (QED) is 0.289. The van der Waals surface area contributed by atoms with Gasteiger partial charge in [-0.25, -0.2) is 4.79 Å². The lowest BCUT2D eigenvalue weighted by Gasteiger charge is -2.35. The molecule has 2 N–H and O–H groups in total. The average Bonchev–Trinajstić information content (AvgIpc) is 3.50. The van der Waals surface area contributed by atoms with Crippen LogP contribution in [-0.2, 0) is 32.1 Å². The number of aromatic nitrogens is 1. The van der Waals surface area contributed by atoms with Crippen molar-refractivity contribution in [3.8, 4) is 0 Å². The highest BCUT2D eigenvalue weighted by Crippen LogP contribution is 2.24. The standard InChI is InChI=1S/C31H38N4O4S/c1-39-31(38)27(15-18-40-2)34-29(37)21-35(20-23-11-7-10-22-9-3-4-13-25(22)23)30(26-14-8-17-33-26)28(36)19-24-12-5-6-16-32-24/h3-7,9-13,16,26-27,30,33H,8,14-15,17-21H2,1-2H3,(H,34,37)/t26-,27-,30?/m0/s1. The molecule has 1 unspecified atom stereocenters. The third-order valence-corrected chi connectivity index (χ3v) is 7.96. The number of nitrogens with zero attached hydrogens (tertiary/aromatic N) is 2. The predicted octanol–water partition coefficient (Wildman–Crippen LogP) is 3.38. The van der Waals surface area contributed by atoms with E-state index in [1.807, 2.05) is 53.6 Å². The summed E-state index contributed by atoms with van der Waals surface area (Å²) in [5.74, 6) is -0.0663. The SMILES string of the molecule is COC(=O)[C@H](CCSC)NC(=O)CN(Cc1cccc2ccccc12)C(C(=O)Cc1ccccn1)[C@@H]1CCCN1. The van der Waals surface area contributed by atoms with Gasteiger partial charge in [0.25, 0.3) is 0 Å². The van der Waals surface area contributed by atoms with E-state index in [4.69, 9.17) is 4.74 Å². The fourth-order valence-electron chi connectivity index (χ4n) is 5.40. The number of amides is 1. The molecule has 0 radical (unpaired) electrons. The van der Waals surface area contributed by atoms with Gasteiger partial charge in [-0.15, -0.1) is 0 Å². The zero-order chi connectivity index (χ0) is 28.3. The monoisotopic (exact) mass is 562 g/mol. The smallest absolute Gasteiger partial charge is 0.328 e. The number of pyridine rings is 1. The lowest BCUT2D eigenvalue weighted by atomic mass is 9.95. The first-order valence-corrected chi connectivity index (χ1v) is 15.1. The molecule has 4 rings (SSSR count). The minimum atomic E-state index is -0.739. The summed E-state index contributed by atoms with van der Waals surface area (Å²) in [6.45, 7) is 1.19. The first-order valence-electron chi connectivity index (χ1n) is 13.7. The van der Waals surface area contributed by atoms with Crippen LogP contribution in [0.2, 0.25) is 0 Å². The van der Waals surface area contributed by atoms with Crippen molar-refractivity contribution in [3.05, 3.63) is 78.1 Å². The number of carbonyl (C=O) groups is 3. The lowest BCUT2D eigenvalue weighted by molar-refractivity contribution is -0.145. The highest BCUT2D eigenvalue weighted by atomic mass is 32.2. The van der Waals surface area contributed by atoms with Crippen molar-refractivity contribution in [1.29, 1.82) is 0 Å². The summed E-state index contributed by atoms with van der Waals surface area (Å²) in [6.07, 6.45) is 6.09. The summed E-state index contributed by atoms with van der Waals surface area (Å²) in [5.41, 5.74) is 1.74. The van der Waals surface area contributed by atoms with Crippen LogP contribution in [-0.4, -0.2) is 77.9 Å². The molecule has 3 atom stereocenters. The zero-order valence-corrected chi connectivity index (χ0v) is 24.0. The molecule has 1 fully saturated rings. The molecule has 1 aliphatic heterocycles. The van der Waals surface area contributed by atoms with Gasteiger partial charge in [0.2, 0.25) is 5.91 Å². The van der Waals surface area contributed by atoms with Crippen LogP contribution < -0.4 is 10.6 Å². The van der Waals surface area contributed by atoms with Crippen LogP contribution in [0, 0.1) is 0 Å². The molecular formula is C31H38N4O4S. The van der Waals surface area contributed by atoms with E-state index in [-0.39, 0.29) is 30.7 Å². The number of methoxy groups -OCH3 is 1. The molecule has 1 amide bonds. The Hall–Kier alpha value is -3.27. The van der Waals surface area contributed by atoms with E-state index >= 15 is 0 Å². The summed E-state index contributed by atoms with van der Waals surface area (Å²) >= 11 is 1.60. The third kappa shape index (κ3) is 7.90. The lowest BCUT2D eigenvalue weighted by Crippen LogP contribution is -2.56. The van der Waals surface area contributed by atoms with E-state index in [9.17, 15) is 14.4 Å². The van der Waals surface area contributed by atoms with Gasteiger partial charge in [0.1, 0.15) is 6.04 Å². The van der Waals surface area contributed by atoms with Crippen molar-refractivity contribution < 1.29 is 19.1 Å². The number of nitrogens with one attached hydrogen (secondary N) is 2. The maximum Gasteiger partial charge on any atom is 0.328 e. The number of rotatable bonds is 14. The van der Waals surface area contributed by atoms with E-state index in [0.29, 0.717) is 24.4 Å². The second-order valence-corrected chi connectivity index (χ2v) is 11.1.